The fourth-order valence-corrected chi connectivity index (χ4v) is 1.20. The van der Waals surface area contributed by atoms with E-state index in [9.17, 15) is 13.2 Å². The summed E-state index contributed by atoms with van der Waals surface area (Å²) in [5, 5.41) is 8.66. The SMILES string of the molecule is OCc1oc(C2CC2)nc1C(F)(F)F. The van der Waals surface area contributed by atoms with Crippen LogP contribution in [0.2, 0.25) is 0 Å². The lowest BCUT2D eigenvalue weighted by atomic mass is 10.3. The zero-order valence-electron chi connectivity index (χ0n) is 7.14. The number of halogens is 3. The summed E-state index contributed by atoms with van der Waals surface area (Å²) in [5.41, 5.74) is -1.10. The maximum absolute atomic E-state index is 12.3. The molecule has 78 valence electrons. The molecule has 0 spiro atoms. The van der Waals surface area contributed by atoms with Gasteiger partial charge in [0.25, 0.3) is 0 Å². The van der Waals surface area contributed by atoms with E-state index in [0.717, 1.165) is 12.8 Å². The summed E-state index contributed by atoms with van der Waals surface area (Å²) in [4.78, 5) is 3.36. The molecule has 1 aliphatic rings. The van der Waals surface area contributed by atoms with Crippen molar-refractivity contribution in [3.05, 3.63) is 17.3 Å². The molecule has 0 aromatic carbocycles. The molecular weight excluding hydrogens is 199 g/mol. The molecule has 3 nitrogen and oxygen atoms in total. The summed E-state index contributed by atoms with van der Waals surface area (Å²) in [6.07, 6.45) is -2.93. The molecule has 1 aliphatic carbocycles. The predicted molar refractivity (Wildman–Crippen MR) is 39.4 cm³/mol. The van der Waals surface area contributed by atoms with E-state index in [2.05, 4.69) is 4.98 Å². The minimum Gasteiger partial charge on any atom is -0.442 e. The summed E-state index contributed by atoms with van der Waals surface area (Å²) in [7, 11) is 0. The number of aliphatic hydroxyl groups is 1. The van der Waals surface area contributed by atoms with Gasteiger partial charge in [-0.05, 0) is 12.8 Å². The zero-order chi connectivity index (χ0) is 10.3. The maximum atomic E-state index is 12.3. The quantitative estimate of drug-likeness (QED) is 0.807. The van der Waals surface area contributed by atoms with Crippen molar-refractivity contribution in [3.8, 4) is 0 Å². The van der Waals surface area contributed by atoms with Gasteiger partial charge < -0.3 is 9.52 Å². The third kappa shape index (κ3) is 1.61. The van der Waals surface area contributed by atoms with E-state index >= 15 is 0 Å². The fourth-order valence-electron chi connectivity index (χ4n) is 1.20. The Morgan fingerprint density at radius 3 is 2.43 bits per heavy atom. The number of alkyl halides is 3. The van der Waals surface area contributed by atoms with Crippen molar-refractivity contribution in [1.29, 1.82) is 0 Å². The number of aromatic nitrogens is 1. The molecule has 0 atom stereocenters. The summed E-state index contributed by atoms with van der Waals surface area (Å²) in [6.45, 7) is -0.769. The average molecular weight is 207 g/mol. The van der Waals surface area contributed by atoms with Crippen LogP contribution >= 0.6 is 0 Å². The molecule has 0 amide bonds. The largest absolute Gasteiger partial charge is 0.442 e. The molecule has 1 heterocycles. The van der Waals surface area contributed by atoms with Crippen LogP contribution in [0.15, 0.2) is 4.42 Å². The van der Waals surface area contributed by atoms with Crippen LogP contribution in [0.5, 0.6) is 0 Å². The first-order valence-electron chi connectivity index (χ1n) is 4.20. The van der Waals surface area contributed by atoms with Crippen molar-refractivity contribution in [2.24, 2.45) is 0 Å². The Bertz CT molecular complexity index is 341. The summed E-state index contributed by atoms with van der Waals surface area (Å²) >= 11 is 0. The van der Waals surface area contributed by atoms with Crippen molar-refractivity contribution in [3.63, 3.8) is 0 Å². The molecule has 1 saturated carbocycles. The van der Waals surface area contributed by atoms with Crippen LogP contribution in [0.4, 0.5) is 13.2 Å². The first kappa shape index (κ1) is 9.51. The second-order valence-electron chi connectivity index (χ2n) is 3.25. The Morgan fingerprint density at radius 1 is 1.43 bits per heavy atom. The molecule has 1 aromatic heterocycles. The zero-order valence-corrected chi connectivity index (χ0v) is 7.14. The smallest absolute Gasteiger partial charge is 0.436 e. The van der Waals surface area contributed by atoms with Gasteiger partial charge in [-0.3, -0.25) is 0 Å². The van der Waals surface area contributed by atoms with Crippen LogP contribution in [0.1, 0.15) is 36.1 Å². The van der Waals surface area contributed by atoms with Crippen LogP contribution in [0, 0.1) is 0 Å². The molecule has 0 aliphatic heterocycles. The second-order valence-corrected chi connectivity index (χ2v) is 3.25. The molecule has 2 rings (SSSR count). The van der Waals surface area contributed by atoms with Gasteiger partial charge >= 0.3 is 6.18 Å². The van der Waals surface area contributed by atoms with Crippen molar-refractivity contribution >= 4 is 0 Å². The first-order valence-corrected chi connectivity index (χ1v) is 4.20. The van der Waals surface area contributed by atoms with E-state index in [1.807, 2.05) is 0 Å². The Kier molecular flexibility index (Phi) is 2.02. The van der Waals surface area contributed by atoms with Gasteiger partial charge in [-0.15, -0.1) is 0 Å². The van der Waals surface area contributed by atoms with Gasteiger partial charge in [-0.25, -0.2) is 4.98 Å². The Labute approximate surface area is 77.6 Å². The van der Waals surface area contributed by atoms with E-state index in [0.29, 0.717) is 0 Å². The topological polar surface area (TPSA) is 46.3 Å². The minimum absolute atomic E-state index is 0.0106. The lowest BCUT2D eigenvalue weighted by Gasteiger charge is -2.01. The highest BCUT2D eigenvalue weighted by Gasteiger charge is 2.40. The standard InChI is InChI=1S/C8H8F3NO2/c9-8(10,11)6-5(3-13)14-7(12-6)4-1-2-4/h4,13H,1-3H2. The Hall–Kier alpha value is -1.04. The van der Waals surface area contributed by atoms with Gasteiger partial charge in [0.05, 0.1) is 0 Å². The van der Waals surface area contributed by atoms with E-state index in [1.165, 1.54) is 0 Å². The number of hydrogen-bond acceptors (Lipinski definition) is 3. The lowest BCUT2D eigenvalue weighted by molar-refractivity contribution is -0.142. The van der Waals surface area contributed by atoms with Crippen molar-refractivity contribution in [2.45, 2.75) is 31.5 Å². The van der Waals surface area contributed by atoms with Crippen LogP contribution in [0.25, 0.3) is 0 Å². The second kappa shape index (κ2) is 2.98. The van der Waals surface area contributed by atoms with Gasteiger partial charge in [0.1, 0.15) is 6.61 Å². The molecule has 0 radical (unpaired) electrons. The van der Waals surface area contributed by atoms with Crippen LogP contribution < -0.4 is 0 Å². The minimum atomic E-state index is -4.55. The Balaban J connectivity index is 2.37. The van der Waals surface area contributed by atoms with Crippen molar-refractivity contribution in [1.82, 2.24) is 4.98 Å². The first-order chi connectivity index (χ1) is 6.52. The highest BCUT2D eigenvalue weighted by molar-refractivity contribution is 5.16. The number of oxazole rings is 1. The Morgan fingerprint density at radius 2 is 2.07 bits per heavy atom. The molecule has 14 heavy (non-hydrogen) atoms. The molecule has 0 unspecified atom stereocenters. The molecule has 0 bridgehead atoms. The molecule has 6 heteroatoms. The van der Waals surface area contributed by atoms with Crippen LogP contribution in [-0.2, 0) is 12.8 Å². The van der Waals surface area contributed by atoms with E-state index in [-0.39, 0.29) is 11.8 Å². The third-order valence-electron chi connectivity index (χ3n) is 2.05. The summed E-state index contributed by atoms with van der Waals surface area (Å²) in [6, 6.07) is 0. The van der Waals surface area contributed by atoms with E-state index < -0.39 is 24.2 Å². The molecule has 1 aromatic rings. The van der Waals surface area contributed by atoms with E-state index in [1.54, 1.807) is 0 Å². The van der Waals surface area contributed by atoms with Gasteiger partial charge in [0, 0.05) is 5.92 Å². The van der Waals surface area contributed by atoms with Gasteiger partial charge in [-0.1, -0.05) is 0 Å². The van der Waals surface area contributed by atoms with Crippen LogP contribution in [-0.4, -0.2) is 10.1 Å². The monoisotopic (exact) mass is 207 g/mol. The normalized spacial score (nSPS) is 17.4. The fraction of sp³-hybridized carbons (Fsp3) is 0.625. The highest BCUT2D eigenvalue weighted by Crippen LogP contribution is 2.42. The number of hydrogen-bond donors (Lipinski definition) is 1. The van der Waals surface area contributed by atoms with Crippen molar-refractivity contribution < 1.29 is 22.7 Å². The predicted octanol–water partition coefficient (Wildman–Crippen LogP) is 2.06. The van der Waals surface area contributed by atoms with Gasteiger partial charge in [0.2, 0.25) is 0 Å². The number of rotatable bonds is 2. The number of nitrogens with zero attached hydrogens (tertiary/aromatic N) is 1. The molecule has 1 N–H and O–H groups in total. The van der Waals surface area contributed by atoms with Gasteiger partial charge in [0.15, 0.2) is 17.3 Å². The summed E-state index contributed by atoms with van der Waals surface area (Å²) in [5.74, 6) is -0.378. The van der Waals surface area contributed by atoms with Gasteiger partial charge in [-0.2, -0.15) is 13.2 Å². The average Bonchev–Trinajstić information content (AvgIpc) is 2.83. The van der Waals surface area contributed by atoms with E-state index in [4.69, 9.17) is 9.52 Å². The maximum Gasteiger partial charge on any atom is 0.436 e. The molecule has 1 fully saturated rings. The molecule has 0 saturated heterocycles. The van der Waals surface area contributed by atoms with Crippen LogP contribution in [0.3, 0.4) is 0 Å². The lowest BCUT2D eigenvalue weighted by Crippen LogP contribution is -2.08. The summed E-state index contributed by atoms with van der Waals surface area (Å²) < 4.78 is 41.7. The third-order valence-corrected chi connectivity index (χ3v) is 2.05. The number of aliphatic hydroxyl groups excluding tert-OH is 1. The molecular formula is C8H8F3NO2. The highest BCUT2D eigenvalue weighted by atomic mass is 19.4. The van der Waals surface area contributed by atoms with Crippen molar-refractivity contribution in [2.75, 3.05) is 0 Å².